The molecule has 3 unspecified atom stereocenters. The number of aliphatic hydroxyl groups is 2. The monoisotopic (exact) mass is 854 g/mol. The van der Waals surface area contributed by atoms with Crippen LogP contribution in [0.25, 0.3) is 0 Å². The summed E-state index contributed by atoms with van der Waals surface area (Å²) < 4.78 is 47.7. The quantitative estimate of drug-likeness (QED) is 0.0128. The number of esters is 2. The Kier molecular flexibility index (Phi) is 35.1. The van der Waals surface area contributed by atoms with Crippen molar-refractivity contribution in [2.45, 2.75) is 180 Å². The van der Waals surface area contributed by atoms with E-state index in [-0.39, 0.29) is 12.8 Å². The van der Waals surface area contributed by atoms with E-state index in [9.17, 15) is 33.8 Å². The minimum atomic E-state index is -4.87. The maximum atomic E-state index is 12.6. The van der Waals surface area contributed by atoms with Gasteiger partial charge in [-0.05, 0) is 44.4 Å². The van der Waals surface area contributed by atoms with Gasteiger partial charge < -0.3 is 34.4 Å². The summed E-state index contributed by atoms with van der Waals surface area (Å²) in [5, 5.41) is 19.6. The van der Waals surface area contributed by atoms with Crippen LogP contribution in [-0.4, -0.2) is 81.6 Å². The summed E-state index contributed by atoms with van der Waals surface area (Å²) in [5.41, 5.74) is 0. The lowest BCUT2D eigenvalue weighted by atomic mass is 9.99. The number of phosphoric acid groups is 2. The fraction of sp³-hybridized carbons (Fsp3) is 0.805. The lowest BCUT2D eigenvalue weighted by Crippen LogP contribution is -2.30. The second kappa shape index (κ2) is 36.2. The van der Waals surface area contributed by atoms with Gasteiger partial charge in [0, 0.05) is 12.8 Å². The molecular weight excluding hydrogens is 778 g/mol. The van der Waals surface area contributed by atoms with Gasteiger partial charge in [-0.1, -0.05) is 147 Å². The van der Waals surface area contributed by atoms with E-state index in [1.807, 2.05) is 31.2 Å². The molecule has 57 heavy (non-hydrogen) atoms. The van der Waals surface area contributed by atoms with Crippen LogP contribution in [0, 0.1) is 5.92 Å². The van der Waals surface area contributed by atoms with E-state index in [0.717, 1.165) is 63.7 Å². The van der Waals surface area contributed by atoms with Crippen LogP contribution in [0.1, 0.15) is 162 Å². The van der Waals surface area contributed by atoms with Crippen molar-refractivity contribution in [2.75, 3.05) is 26.4 Å². The summed E-state index contributed by atoms with van der Waals surface area (Å²) >= 11 is 0. The van der Waals surface area contributed by atoms with Crippen molar-refractivity contribution >= 4 is 27.6 Å². The van der Waals surface area contributed by atoms with Crippen LogP contribution in [0.15, 0.2) is 36.5 Å². The molecule has 334 valence electrons. The number of carbonyl (C=O) groups is 2. The number of unbranched alkanes of at least 4 members (excludes halogenated alkanes) is 14. The fourth-order valence-corrected chi connectivity index (χ4v) is 6.69. The van der Waals surface area contributed by atoms with Crippen molar-refractivity contribution in [3.8, 4) is 0 Å². The molecule has 0 aromatic carbocycles. The average Bonchev–Trinajstić information content (AvgIpc) is 3.16. The Labute approximate surface area is 342 Å². The van der Waals surface area contributed by atoms with Gasteiger partial charge in [-0.3, -0.25) is 23.2 Å². The zero-order valence-electron chi connectivity index (χ0n) is 35.0. The van der Waals surface area contributed by atoms with Gasteiger partial charge in [0.05, 0.1) is 25.9 Å². The van der Waals surface area contributed by atoms with Crippen LogP contribution in [-0.2, 0) is 41.8 Å². The van der Waals surface area contributed by atoms with Gasteiger partial charge in [-0.2, -0.15) is 0 Å². The Morgan fingerprint density at radius 3 is 1.77 bits per heavy atom. The molecule has 5 atom stereocenters. The third-order valence-electron chi connectivity index (χ3n) is 9.15. The van der Waals surface area contributed by atoms with Crippen molar-refractivity contribution in [2.24, 2.45) is 5.92 Å². The Morgan fingerprint density at radius 1 is 0.632 bits per heavy atom. The van der Waals surface area contributed by atoms with E-state index in [0.29, 0.717) is 19.3 Å². The number of aliphatic hydroxyl groups excluding tert-OH is 2. The van der Waals surface area contributed by atoms with Gasteiger partial charge >= 0.3 is 27.6 Å². The van der Waals surface area contributed by atoms with E-state index in [2.05, 4.69) is 29.0 Å². The molecule has 14 nitrogen and oxygen atoms in total. The predicted octanol–water partition coefficient (Wildman–Crippen LogP) is 9.33. The largest absolute Gasteiger partial charge is 0.472 e. The third kappa shape index (κ3) is 39.5. The molecule has 0 radical (unpaired) electrons. The van der Waals surface area contributed by atoms with Crippen LogP contribution in [0.4, 0.5) is 0 Å². The molecule has 0 aliphatic carbocycles. The van der Waals surface area contributed by atoms with Gasteiger partial charge in [0.25, 0.3) is 0 Å². The number of ether oxygens (including phenoxy) is 2. The topological polar surface area (TPSA) is 216 Å². The fourth-order valence-electron chi connectivity index (χ4n) is 5.54. The molecule has 0 heterocycles. The first-order chi connectivity index (χ1) is 27.2. The van der Waals surface area contributed by atoms with Gasteiger partial charge in [0.2, 0.25) is 0 Å². The summed E-state index contributed by atoms with van der Waals surface area (Å²) in [6.45, 7) is 3.83. The normalized spacial score (nSPS) is 15.6. The first-order valence-corrected chi connectivity index (χ1v) is 24.2. The molecule has 0 spiro atoms. The highest BCUT2D eigenvalue weighted by Crippen LogP contribution is 2.43. The predicted molar refractivity (Wildman–Crippen MR) is 222 cm³/mol. The standard InChI is InChI=1S/C41H76O14P2/c1-4-6-22-28-37(42)29-24-19-15-11-9-13-17-21-26-31-41(45)55-39(35-54-57(49,50)53-33-38(43)32-52-56(46,47)48)34-51-40(44)30-25-20-16-12-8-7-10-14-18-23-27-36(3)5-2/h6,15,19,22,24,29,36-39,42-43H,4-5,7-14,16-18,20-21,23,25-28,30-35H2,1-3H3,(H,49,50)(H2,46,47,48)/b19-15+,22-6+,29-24+/t36?,37?,38-,39+/m0/s1. The van der Waals surface area contributed by atoms with E-state index >= 15 is 0 Å². The molecule has 0 saturated heterocycles. The molecule has 0 aromatic heterocycles. The number of allylic oxidation sites excluding steroid dienone is 4. The maximum Gasteiger partial charge on any atom is 0.472 e. The summed E-state index contributed by atoms with van der Waals surface area (Å²) in [6, 6.07) is 0. The smallest absolute Gasteiger partial charge is 0.462 e. The van der Waals surface area contributed by atoms with Gasteiger partial charge in [0.1, 0.15) is 12.7 Å². The van der Waals surface area contributed by atoms with Gasteiger partial charge in [0.15, 0.2) is 6.10 Å². The molecule has 0 aliphatic rings. The van der Waals surface area contributed by atoms with Crippen LogP contribution in [0.3, 0.4) is 0 Å². The SMILES string of the molecule is CC/C=C/CC(O)/C=C/C=C/CCCCCCCC(=O)O[C@H](COC(=O)CCCCCCCCCCCCC(C)CC)COP(=O)(O)OC[C@@H](O)COP(=O)(O)O. The molecular formula is C41H76O14P2. The van der Waals surface area contributed by atoms with Crippen molar-refractivity contribution in [1.82, 2.24) is 0 Å². The summed E-state index contributed by atoms with van der Waals surface area (Å²) in [4.78, 5) is 52.6. The number of carbonyl (C=O) groups excluding carboxylic acids is 2. The maximum absolute atomic E-state index is 12.6. The third-order valence-corrected chi connectivity index (χ3v) is 10.6. The van der Waals surface area contributed by atoms with E-state index in [1.165, 1.54) is 51.4 Å². The minimum absolute atomic E-state index is 0.0855. The van der Waals surface area contributed by atoms with Crippen molar-refractivity contribution in [3.63, 3.8) is 0 Å². The van der Waals surface area contributed by atoms with E-state index in [4.69, 9.17) is 23.8 Å². The van der Waals surface area contributed by atoms with Crippen molar-refractivity contribution in [3.05, 3.63) is 36.5 Å². The lowest BCUT2D eigenvalue weighted by molar-refractivity contribution is -0.161. The molecule has 5 N–H and O–H groups in total. The molecule has 16 heteroatoms. The molecule has 0 fully saturated rings. The summed E-state index contributed by atoms with van der Waals surface area (Å²) in [7, 11) is -9.69. The first kappa shape index (κ1) is 55.3. The molecule has 0 aliphatic heterocycles. The summed E-state index contributed by atoms with van der Waals surface area (Å²) in [5.74, 6) is -0.264. The first-order valence-electron chi connectivity index (χ1n) is 21.2. The highest BCUT2D eigenvalue weighted by atomic mass is 31.2. The second-order valence-electron chi connectivity index (χ2n) is 14.7. The number of hydrogen-bond donors (Lipinski definition) is 5. The number of rotatable bonds is 39. The van der Waals surface area contributed by atoms with Crippen LogP contribution in [0.2, 0.25) is 0 Å². The van der Waals surface area contributed by atoms with Crippen LogP contribution < -0.4 is 0 Å². The Morgan fingerprint density at radius 2 is 1.18 bits per heavy atom. The molecule has 0 bridgehead atoms. The average molecular weight is 855 g/mol. The van der Waals surface area contributed by atoms with Crippen LogP contribution in [0.5, 0.6) is 0 Å². The van der Waals surface area contributed by atoms with E-state index < -0.39 is 72.3 Å². The zero-order chi connectivity index (χ0) is 42.6. The van der Waals surface area contributed by atoms with Crippen molar-refractivity contribution < 1.29 is 66.7 Å². The Bertz CT molecular complexity index is 1190. The number of phosphoric ester groups is 2. The van der Waals surface area contributed by atoms with Crippen molar-refractivity contribution in [1.29, 1.82) is 0 Å². The molecule has 0 rings (SSSR count). The Balaban J connectivity index is 4.61. The Hall–Kier alpha value is -1.70. The van der Waals surface area contributed by atoms with Gasteiger partial charge in [-0.25, -0.2) is 9.13 Å². The minimum Gasteiger partial charge on any atom is -0.462 e. The second-order valence-corrected chi connectivity index (χ2v) is 17.4. The number of hydrogen-bond acceptors (Lipinski definition) is 11. The zero-order valence-corrected chi connectivity index (χ0v) is 36.8. The van der Waals surface area contributed by atoms with Gasteiger partial charge in [-0.15, -0.1) is 0 Å². The van der Waals surface area contributed by atoms with Crippen LogP contribution >= 0.6 is 15.6 Å². The highest BCUT2D eigenvalue weighted by Gasteiger charge is 2.28. The lowest BCUT2D eigenvalue weighted by Gasteiger charge is -2.20. The summed E-state index contributed by atoms with van der Waals surface area (Å²) in [6.07, 6.45) is 29.0. The highest BCUT2D eigenvalue weighted by molar-refractivity contribution is 7.47. The molecule has 0 amide bonds. The van der Waals surface area contributed by atoms with E-state index in [1.54, 1.807) is 6.08 Å². The molecule has 0 aromatic rings. The molecule has 0 saturated carbocycles.